The largest absolute Gasteiger partial charge is 0.502 e. The number of carbonyl (C=O) groups excluding carboxylic acids is 1. The van der Waals surface area contributed by atoms with Crippen molar-refractivity contribution in [2.45, 2.75) is 13.0 Å². The van der Waals surface area contributed by atoms with Crippen LogP contribution in [-0.2, 0) is 4.79 Å². The zero-order valence-corrected chi connectivity index (χ0v) is 20.4. The van der Waals surface area contributed by atoms with Crippen LogP contribution in [0.4, 0.5) is 11.4 Å². The van der Waals surface area contributed by atoms with E-state index >= 15 is 0 Å². The van der Waals surface area contributed by atoms with Gasteiger partial charge in [0.25, 0.3) is 11.5 Å². The van der Waals surface area contributed by atoms with Crippen molar-refractivity contribution >= 4 is 46.0 Å². The molecule has 0 unspecified atom stereocenters. The van der Waals surface area contributed by atoms with Gasteiger partial charge in [-0.15, -0.1) is 11.3 Å². The number of phenolic OH excluding ortho intramolecular Hbond substituents is 1. The van der Waals surface area contributed by atoms with Crippen molar-refractivity contribution < 1.29 is 14.8 Å². The molecule has 3 heterocycles. The lowest BCUT2D eigenvalue weighted by atomic mass is 10.0. The van der Waals surface area contributed by atoms with Crippen LogP contribution in [0.1, 0.15) is 23.4 Å². The second-order valence-corrected chi connectivity index (χ2v) is 9.88. The van der Waals surface area contributed by atoms with Gasteiger partial charge < -0.3 is 10.4 Å². The number of anilines is 1. The number of nitro groups is 1. The smallest absolute Gasteiger partial charge is 0.311 e. The Hall–Kier alpha value is -4.35. The molecule has 4 aromatic rings. The fourth-order valence-electron chi connectivity index (χ4n) is 4.00. The van der Waals surface area contributed by atoms with Gasteiger partial charge in [-0.25, -0.2) is 4.99 Å². The normalized spacial score (nSPS) is 15.4. The summed E-state index contributed by atoms with van der Waals surface area (Å²) in [6, 6.07) is 16.1. The Morgan fingerprint density at radius 3 is 2.64 bits per heavy atom. The molecule has 2 aromatic heterocycles. The van der Waals surface area contributed by atoms with Crippen LogP contribution in [0, 0.1) is 10.1 Å². The maximum atomic E-state index is 13.6. The van der Waals surface area contributed by atoms with E-state index in [1.54, 1.807) is 19.1 Å². The van der Waals surface area contributed by atoms with Crippen molar-refractivity contribution in [1.82, 2.24) is 4.57 Å². The number of fused-ring (bicyclic) bond motifs is 1. The Morgan fingerprint density at radius 2 is 1.94 bits per heavy atom. The number of aromatic hydroxyl groups is 1. The monoisotopic (exact) mass is 518 g/mol. The Balaban J connectivity index is 1.66. The molecule has 1 atom stereocenters. The number of para-hydroxylation sites is 2. The summed E-state index contributed by atoms with van der Waals surface area (Å²) in [5.41, 5.74) is 0.710. The first-order valence-electron chi connectivity index (χ1n) is 10.7. The fraction of sp³-hybridized carbons (Fsp3) is 0.0800. The maximum absolute atomic E-state index is 13.6. The first-order chi connectivity index (χ1) is 17.3. The van der Waals surface area contributed by atoms with Crippen LogP contribution in [-0.4, -0.2) is 20.5 Å². The number of allylic oxidation sites excluding steroid dienone is 1. The maximum Gasteiger partial charge on any atom is 0.311 e. The van der Waals surface area contributed by atoms with Crippen LogP contribution in [0.3, 0.4) is 0 Å². The predicted molar refractivity (Wildman–Crippen MR) is 138 cm³/mol. The number of benzene rings is 2. The third-order valence-corrected chi connectivity index (χ3v) is 7.55. The van der Waals surface area contributed by atoms with Gasteiger partial charge in [-0.05, 0) is 36.6 Å². The number of nitro benzene ring substituents is 1. The lowest BCUT2D eigenvalue weighted by Gasteiger charge is -2.24. The van der Waals surface area contributed by atoms with E-state index in [0.29, 0.717) is 21.8 Å². The molecule has 9 nitrogen and oxygen atoms in total. The number of aromatic nitrogens is 1. The number of phenols is 1. The second kappa shape index (κ2) is 9.36. The highest BCUT2D eigenvalue weighted by atomic mass is 32.1. The highest BCUT2D eigenvalue weighted by Gasteiger charge is 2.33. The fourth-order valence-corrected chi connectivity index (χ4v) is 5.86. The third-order valence-electron chi connectivity index (χ3n) is 5.64. The molecule has 1 aliphatic rings. The van der Waals surface area contributed by atoms with E-state index in [0.717, 1.165) is 16.2 Å². The van der Waals surface area contributed by atoms with E-state index in [2.05, 4.69) is 10.3 Å². The first kappa shape index (κ1) is 23.4. The van der Waals surface area contributed by atoms with E-state index in [-0.39, 0.29) is 16.0 Å². The number of hydrogen-bond acceptors (Lipinski definition) is 8. The molecule has 11 heteroatoms. The molecule has 1 amide bonds. The molecule has 180 valence electrons. The molecule has 0 bridgehead atoms. The van der Waals surface area contributed by atoms with Crippen LogP contribution in [0.25, 0.3) is 6.08 Å². The van der Waals surface area contributed by atoms with E-state index < -0.39 is 28.0 Å². The van der Waals surface area contributed by atoms with Crippen LogP contribution in [0.5, 0.6) is 5.75 Å². The van der Waals surface area contributed by atoms with E-state index in [4.69, 9.17) is 0 Å². The number of thiazole rings is 1. The molecule has 2 aromatic carbocycles. The van der Waals surface area contributed by atoms with Crippen LogP contribution >= 0.6 is 22.7 Å². The van der Waals surface area contributed by atoms with Crippen LogP contribution < -0.4 is 20.2 Å². The molecule has 36 heavy (non-hydrogen) atoms. The lowest BCUT2D eigenvalue weighted by molar-refractivity contribution is -0.385. The van der Waals surface area contributed by atoms with Gasteiger partial charge in [0.05, 0.1) is 20.7 Å². The molecule has 0 aliphatic carbocycles. The van der Waals surface area contributed by atoms with E-state index in [9.17, 15) is 24.8 Å². The molecule has 2 N–H and O–H groups in total. The van der Waals surface area contributed by atoms with Gasteiger partial charge in [-0.2, -0.15) is 0 Å². The average molecular weight is 519 g/mol. The number of thiophene rings is 1. The van der Waals surface area contributed by atoms with Crippen molar-refractivity contribution in [3.8, 4) is 5.75 Å². The molecule has 0 saturated heterocycles. The Morgan fingerprint density at radius 1 is 1.17 bits per heavy atom. The summed E-state index contributed by atoms with van der Waals surface area (Å²) in [6.45, 7) is 1.73. The molecular formula is C25H18N4O5S2. The number of carbonyl (C=O) groups is 1. The number of hydrogen-bond donors (Lipinski definition) is 2. The number of nitrogens with zero attached hydrogens (tertiary/aromatic N) is 3. The van der Waals surface area contributed by atoms with Gasteiger partial charge in [0.2, 0.25) is 5.75 Å². The summed E-state index contributed by atoms with van der Waals surface area (Å²) in [7, 11) is 0. The quantitative estimate of drug-likeness (QED) is 0.309. The highest BCUT2D eigenvalue weighted by Crippen LogP contribution is 2.33. The third kappa shape index (κ3) is 4.14. The number of amides is 1. The molecule has 0 spiro atoms. The molecule has 0 saturated carbocycles. The minimum Gasteiger partial charge on any atom is -0.502 e. The Bertz CT molecular complexity index is 1700. The van der Waals surface area contributed by atoms with E-state index in [1.807, 2.05) is 35.7 Å². The summed E-state index contributed by atoms with van der Waals surface area (Å²) in [5, 5.41) is 26.3. The SMILES string of the molecule is CC1=C(C(=O)Nc2ccccc2)[C@@H](c2cccs2)n2c(sc(=Cc3cccc([N+](=O)[O-])c3O)c2=O)=N1. The molecular weight excluding hydrogens is 500 g/mol. The zero-order chi connectivity index (χ0) is 25.4. The van der Waals surface area contributed by atoms with Crippen molar-refractivity contribution in [2.75, 3.05) is 5.32 Å². The minimum atomic E-state index is -0.703. The molecule has 0 radical (unpaired) electrons. The average Bonchev–Trinajstić information content (AvgIpc) is 3.48. The Kier molecular flexibility index (Phi) is 6.08. The summed E-state index contributed by atoms with van der Waals surface area (Å²) in [5.74, 6) is -0.895. The minimum absolute atomic E-state index is 0.139. The molecule has 0 fully saturated rings. The standard InChI is InChI=1S/C25H18N4O5S2/c1-14-20(23(31)27-16-8-3-2-4-9-16)21(18-11-6-12-35-18)28-24(32)19(36-25(28)26-14)13-15-7-5-10-17(22(15)30)29(33)34/h2-13,21,30H,1H3,(H,27,31)/t21-/m1/s1. The van der Waals surface area contributed by atoms with Gasteiger partial charge in [0.15, 0.2) is 4.80 Å². The molecule has 1 aliphatic heterocycles. The van der Waals surface area contributed by atoms with Crippen molar-refractivity contribution in [3.05, 3.63) is 118 Å². The predicted octanol–water partition coefficient (Wildman–Crippen LogP) is 3.55. The summed E-state index contributed by atoms with van der Waals surface area (Å²) >= 11 is 2.50. The number of nitrogens with one attached hydrogen (secondary N) is 1. The van der Waals surface area contributed by atoms with Gasteiger partial charge in [0.1, 0.15) is 6.04 Å². The van der Waals surface area contributed by atoms with Crippen molar-refractivity contribution in [3.63, 3.8) is 0 Å². The zero-order valence-electron chi connectivity index (χ0n) is 18.7. The van der Waals surface area contributed by atoms with Gasteiger partial charge >= 0.3 is 5.69 Å². The van der Waals surface area contributed by atoms with Crippen molar-refractivity contribution in [2.24, 2.45) is 4.99 Å². The first-order valence-corrected chi connectivity index (χ1v) is 12.4. The topological polar surface area (TPSA) is 127 Å². The number of rotatable bonds is 5. The summed E-state index contributed by atoms with van der Waals surface area (Å²) in [4.78, 5) is 43.3. The van der Waals surface area contributed by atoms with Gasteiger partial charge in [0, 0.05) is 22.2 Å². The summed E-state index contributed by atoms with van der Waals surface area (Å²) in [6.07, 6.45) is 1.40. The van der Waals surface area contributed by atoms with Crippen LogP contribution in [0.15, 0.2) is 87.1 Å². The van der Waals surface area contributed by atoms with Gasteiger partial charge in [-0.3, -0.25) is 24.3 Å². The van der Waals surface area contributed by atoms with Gasteiger partial charge in [-0.1, -0.05) is 47.7 Å². The highest BCUT2D eigenvalue weighted by molar-refractivity contribution is 7.10. The second-order valence-electron chi connectivity index (χ2n) is 7.89. The van der Waals surface area contributed by atoms with Crippen LogP contribution in [0.2, 0.25) is 0 Å². The molecule has 5 rings (SSSR count). The Labute approximate surface area is 211 Å². The van der Waals surface area contributed by atoms with E-state index in [1.165, 1.54) is 40.2 Å². The van der Waals surface area contributed by atoms with Crippen molar-refractivity contribution in [1.29, 1.82) is 0 Å². The summed E-state index contributed by atoms with van der Waals surface area (Å²) < 4.78 is 1.69. The lowest BCUT2D eigenvalue weighted by Crippen LogP contribution is -2.40.